The van der Waals surface area contributed by atoms with Gasteiger partial charge in [-0.2, -0.15) is 0 Å². The molecule has 0 aliphatic carbocycles. The van der Waals surface area contributed by atoms with Crippen LogP contribution in [0.1, 0.15) is 29.0 Å². The van der Waals surface area contributed by atoms with E-state index in [0.29, 0.717) is 19.8 Å². The predicted octanol–water partition coefficient (Wildman–Crippen LogP) is 1.12. The highest BCUT2D eigenvalue weighted by Gasteiger charge is 2.39. The van der Waals surface area contributed by atoms with E-state index in [1.807, 2.05) is 6.07 Å². The number of aromatic carboxylic acids is 1. The zero-order valence-corrected chi connectivity index (χ0v) is 11.2. The lowest BCUT2D eigenvalue weighted by molar-refractivity contribution is -0.185. The van der Waals surface area contributed by atoms with Crippen LogP contribution in [0.2, 0.25) is 0 Å². The molecule has 2 aliphatic rings. The Morgan fingerprint density at radius 3 is 2.65 bits per heavy atom. The monoisotopic (exact) mass is 278 g/mol. The van der Waals surface area contributed by atoms with Crippen molar-refractivity contribution in [1.29, 1.82) is 0 Å². The summed E-state index contributed by atoms with van der Waals surface area (Å²) in [6.07, 6.45) is 1.71. The van der Waals surface area contributed by atoms with E-state index >= 15 is 0 Å². The third-order valence-electron chi connectivity index (χ3n) is 3.84. The van der Waals surface area contributed by atoms with Gasteiger partial charge in [0.15, 0.2) is 5.79 Å². The third-order valence-corrected chi connectivity index (χ3v) is 3.84. The number of pyridine rings is 1. The zero-order valence-electron chi connectivity index (χ0n) is 11.2. The number of rotatable bonds is 3. The molecule has 2 fully saturated rings. The van der Waals surface area contributed by atoms with Gasteiger partial charge in [0, 0.05) is 32.5 Å². The van der Waals surface area contributed by atoms with Gasteiger partial charge in [0.25, 0.3) is 0 Å². The average Bonchev–Trinajstić information content (AvgIpc) is 2.90. The second-order valence-electron chi connectivity index (χ2n) is 5.20. The summed E-state index contributed by atoms with van der Waals surface area (Å²) in [5.41, 5.74) is 0.882. The molecule has 1 aromatic rings. The zero-order chi connectivity index (χ0) is 14.0. The van der Waals surface area contributed by atoms with Crippen LogP contribution in [0.25, 0.3) is 0 Å². The molecular formula is C14H18N2O4. The summed E-state index contributed by atoms with van der Waals surface area (Å²) < 4.78 is 11.4. The van der Waals surface area contributed by atoms with Crippen molar-refractivity contribution in [3.63, 3.8) is 0 Å². The minimum atomic E-state index is -0.989. The van der Waals surface area contributed by atoms with Crippen molar-refractivity contribution in [2.24, 2.45) is 0 Å². The number of carbonyl (C=O) groups is 1. The number of hydrogen-bond donors (Lipinski definition) is 1. The van der Waals surface area contributed by atoms with Crippen LogP contribution < -0.4 is 0 Å². The molecule has 1 spiro atoms. The Morgan fingerprint density at radius 2 is 2.00 bits per heavy atom. The topological polar surface area (TPSA) is 71.9 Å². The summed E-state index contributed by atoms with van der Waals surface area (Å²) in [5, 5.41) is 8.95. The van der Waals surface area contributed by atoms with E-state index in [9.17, 15) is 4.79 Å². The highest BCUT2D eigenvalue weighted by Crippen LogP contribution is 2.31. The normalized spacial score (nSPS) is 22.2. The average molecular weight is 278 g/mol. The SMILES string of the molecule is O=C(O)c1cccc(CN2CCC3(CC2)OCCO3)n1. The third kappa shape index (κ3) is 2.82. The van der Waals surface area contributed by atoms with Crippen LogP contribution in [0.4, 0.5) is 0 Å². The summed E-state index contributed by atoms with van der Waals surface area (Å²) in [6, 6.07) is 5.11. The summed E-state index contributed by atoms with van der Waals surface area (Å²) in [6.45, 7) is 3.78. The molecule has 0 amide bonds. The lowest BCUT2D eigenvalue weighted by Crippen LogP contribution is -2.44. The van der Waals surface area contributed by atoms with Gasteiger partial charge < -0.3 is 14.6 Å². The molecule has 2 aliphatic heterocycles. The molecule has 0 aromatic carbocycles. The Balaban J connectivity index is 1.59. The van der Waals surface area contributed by atoms with Crippen molar-refractivity contribution in [3.8, 4) is 0 Å². The summed E-state index contributed by atoms with van der Waals surface area (Å²) in [4.78, 5) is 17.3. The summed E-state index contributed by atoms with van der Waals surface area (Å²) in [5.74, 6) is -1.36. The van der Waals surface area contributed by atoms with Crippen molar-refractivity contribution in [2.75, 3.05) is 26.3 Å². The number of hydrogen-bond acceptors (Lipinski definition) is 5. The standard InChI is InChI=1S/C14H18N2O4/c17-13(18)12-3-1-2-11(15-12)10-16-6-4-14(5-7-16)19-8-9-20-14/h1-3H,4-10H2,(H,17,18). The number of nitrogens with zero attached hydrogens (tertiary/aromatic N) is 2. The highest BCUT2D eigenvalue weighted by atomic mass is 16.7. The van der Waals surface area contributed by atoms with Crippen LogP contribution >= 0.6 is 0 Å². The molecule has 2 saturated heterocycles. The first-order valence-corrected chi connectivity index (χ1v) is 6.86. The number of aromatic nitrogens is 1. The Bertz CT molecular complexity index is 490. The summed E-state index contributed by atoms with van der Waals surface area (Å²) in [7, 11) is 0. The Labute approximate surface area is 117 Å². The van der Waals surface area contributed by atoms with Gasteiger partial charge >= 0.3 is 5.97 Å². The second kappa shape index (κ2) is 5.47. The lowest BCUT2D eigenvalue weighted by Gasteiger charge is -2.37. The molecule has 6 heteroatoms. The Hall–Kier alpha value is -1.50. The molecule has 0 radical (unpaired) electrons. The molecule has 6 nitrogen and oxygen atoms in total. The van der Waals surface area contributed by atoms with Crippen LogP contribution in [0, 0.1) is 0 Å². The maximum absolute atomic E-state index is 10.9. The predicted molar refractivity (Wildman–Crippen MR) is 70.3 cm³/mol. The molecule has 0 atom stereocenters. The van der Waals surface area contributed by atoms with E-state index in [1.165, 1.54) is 6.07 Å². The van der Waals surface area contributed by atoms with Crippen LogP contribution in [-0.4, -0.2) is 53.1 Å². The fraction of sp³-hybridized carbons (Fsp3) is 0.571. The molecule has 0 bridgehead atoms. The van der Waals surface area contributed by atoms with Gasteiger partial charge in [0.1, 0.15) is 5.69 Å². The minimum absolute atomic E-state index is 0.0958. The maximum atomic E-state index is 10.9. The molecule has 3 heterocycles. The van der Waals surface area contributed by atoms with Gasteiger partial charge in [-0.15, -0.1) is 0 Å². The molecule has 1 N–H and O–H groups in total. The van der Waals surface area contributed by atoms with E-state index in [1.54, 1.807) is 6.07 Å². The maximum Gasteiger partial charge on any atom is 0.354 e. The lowest BCUT2D eigenvalue weighted by atomic mass is 10.0. The smallest absolute Gasteiger partial charge is 0.354 e. The van der Waals surface area contributed by atoms with E-state index in [2.05, 4.69) is 9.88 Å². The van der Waals surface area contributed by atoms with E-state index in [-0.39, 0.29) is 11.5 Å². The number of ether oxygens (including phenoxy) is 2. The quantitative estimate of drug-likeness (QED) is 0.893. The first-order chi connectivity index (χ1) is 9.67. The van der Waals surface area contributed by atoms with Crippen molar-refractivity contribution < 1.29 is 19.4 Å². The Morgan fingerprint density at radius 1 is 1.30 bits per heavy atom. The second-order valence-corrected chi connectivity index (χ2v) is 5.20. The van der Waals surface area contributed by atoms with Crippen molar-refractivity contribution in [1.82, 2.24) is 9.88 Å². The fourth-order valence-corrected chi connectivity index (χ4v) is 2.75. The molecule has 0 saturated carbocycles. The molecule has 20 heavy (non-hydrogen) atoms. The first-order valence-electron chi connectivity index (χ1n) is 6.86. The largest absolute Gasteiger partial charge is 0.477 e. The fourth-order valence-electron chi connectivity index (χ4n) is 2.75. The number of carboxylic acid groups (broad SMARTS) is 1. The van der Waals surface area contributed by atoms with Crippen LogP contribution in [0.3, 0.4) is 0 Å². The highest BCUT2D eigenvalue weighted by molar-refractivity contribution is 5.85. The van der Waals surface area contributed by atoms with E-state index in [4.69, 9.17) is 14.6 Å². The molecule has 108 valence electrons. The van der Waals surface area contributed by atoms with Gasteiger partial charge in [0.05, 0.1) is 18.9 Å². The first kappa shape index (κ1) is 13.5. The molecular weight excluding hydrogens is 260 g/mol. The number of likely N-dealkylation sites (tertiary alicyclic amines) is 1. The molecule has 1 aromatic heterocycles. The number of piperidine rings is 1. The summed E-state index contributed by atoms with van der Waals surface area (Å²) >= 11 is 0. The van der Waals surface area contributed by atoms with Crippen molar-refractivity contribution in [3.05, 3.63) is 29.6 Å². The molecule has 0 unspecified atom stereocenters. The van der Waals surface area contributed by atoms with E-state index in [0.717, 1.165) is 31.6 Å². The van der Waals surface area contributed by atoms with Crippen molar-refractivity contribution >= 4 is 5.97 Å². The van der Waals surface area contributed by atoms with E-state index < -0.39 is 5.97 Å². The van der Waals surface area contributed by atoms with Gasteiger partial charge in [-0.25, -0.2) is 9.78 Å². The molecule has 3 rings (SSSR count). The van der Waals surface area contributed by atoms with Gasteiger partial charge in [-0.05, 0) is 12.1 Å². The Kier molecular flexibility index (Phi) is 3.69. The van der Waals surface area contributed by atoms with Crippen molar-refractivity contribution in [2.45, 2.75) is 25.2 Å². The van der Waals surface area contributed by atoms with Crippen LogP contribution in [0.5, 0.6) is 0 Å². The van der Waals surface area contributed by atoms with Crippen LogP contribution in [0.15, 0.2) is 18.2 Å². The van der Waals surface area contributed by atoms with Gasteiger partial charge in [-0.3, -0.25) is 4.90 Å². The van der Waals surface area contributed by atoms with Gasteiger partial charge in [0.2, 0.25) is 0 Å². The number of carboxylic acids is 1. The van der Waals surface area contributed by atoms with Crippen LogP contribution in [-0.2, 0) is 16.0 Å². The minimum Gasteiger partial charge on any atom is -0.477 e. The van der Waals surface area contributed by atoms with Gasteiger partial charge in [-0.1, -0.05) is 6.07 Å².